The highest BCUT2D eigenvalue weighted by atomic mass is 16.5. The van der Waals surface area contributed by atoms with Crippen molar-refractivity contribution in [1.82, 2.24) is 19.8 Å². The standard InChI is InChI=1S/C33H40N6O3/c1-42-20-10-19-39-30-17-8-7-16-29(30)36-32(39)25-13-9-18-38(23-25)31(40)21-26(34)22-35-33(41)37-28-15-6-5-14-27(28)24-11-3-2-4-12-24/h2-8,11-12,14-17,25-26H,9-10,13,18-23,34H2,1H3,(H2,35,37,41). The molecule has 0 spiro atoms. The maximum Gasteiger partial charge on any atom is 0.319 e. The van der Waals surface area contributed by atoms with Gasteiger partial charge in [0.15, 0.2) is 0 Å². The van der Waals surface area contributed by atoms with Gasteiger partial charge in [-0.05, 0) is 43.0 Å². The number of para-hydroxylation sites is 3. The summed E-state index contributed by atoms with van der Waals surface area (Å²) >= 11 is 0. The molecule has 2 unspecified atom stereocenters. The quantitative estimate of drug-likeness (QED) is 0.221. The Labute approximate surface area is 247 Å². The van der Waals surface area contributed by atoms with Crippen LogP contribution in [-0.4, -0.2) is 65.8 Å². The molecule has 1 saturated heterocycles. The van der Waals surface area contributed by atoms with Gasteiger partial charge in [0.25, 0.3) is 0 Å². The van der Waals surface area contributed by atoms with Crippen LogP contribution in [0.1, 0.15) is 37.4 Å². The second kappa shape index (κ2) is 14.1. The molecule has 42 heavy (non-hydrogen) atoms. The van der Waals surface area contributed by atoms with E-state index in [1.807, 2.05) is 77.7 Å². The summed E-state index contributed by atoms with van der Waals surface area (Å²) < 4.78 is 7.57. The third-order valence-corrected chi connectivity index (χ3v) is 7.78. The highest BCUT2D eigenvalue weighted by molar-refractivity contribution is 5.94. The number of nitrogens with one attached hydrogen (secondary N) is 2. The molecular weight excluding hydrogens is 528 g/mol. The van der Waals surface area contributed by atoms with Crippen LogP contribution >= 0.6 is 0 Å². The van der Waals surface area contributed by atoms with E-state index in [9.17, 15) is 9.59 Å². The topological polar surface area (TPSA) is 115 Å². The predicted molar refractivity (Wildman–Crippen MR) is 166 cm³/mol. The number of carbonyl (C=O) groups excluding carboxylic acids is 2. The van der Waals surface area contributed by atoms with Crippen LogP contribution in [0.3, 0.4) is 0 Å². The number of aromatic nitrogens is 2. The van der Waals surface area contributed by atoms with Crippen LogP contribution in [0, 0.1) is 0 Å². The smallest absolute Gasteiger partial charge is 0.319 e. The van der Waals surface area contributed by atoms with Gasteiger partial charge in [-0.15, -0.1) is 0 Å². The highest BCUT2D eigenvalue weighted by Gasteiger charge is 2.29. The summed E-state index contributed by atoms with van der Waals surface area (Å²) in [4.78, 5) is 32.9. The molecular formula is C33H40N6O3. The first kappa shape index (κ1) is 29.3. The minimum atomic E-state index is -0.494. The van der Waals surface area contributed by atoms with Crippen LogP contribution < -0.4 is 16.4 Å². The number of anilines is 1. The van der Waals surface area contributed by atoms with E-state index in [2.05, 4.69) is 21.3 Å². The van der Waals surface area contributed by atoms with E-state index in [1.165, 1.54) is 0 Å². The van der Waals surface area contributed by atoms with E-state index in [0.29, 0.717) is 25.4 Å². The van der Waals surface area contributed by atoms with E-state index in [-0.39, 0.29) is 30.8 Å². The second-order valence-corrected chi connectivity index (χ2v) is 10.8. The minimum Gasteiger partial charge on any atom is -0.385 e. The fraction of sp³-hybridized carbons (Fsp3) is 0.364. The molecule has 2 heterocycles. The van der Waals surface area contributed by atoms with Crippen molar-refractivity contribution in [3.8, 4) is 11.1 Å². The summed E-state index contributed by atoms with van der Waals surface area (Å²) in [7, 11) is 1.72. The Morgan fingerprint density at radius 3 is 2.64 bits per heavy atom. The van der Waals surface area contributed by atoms with Crippen molar-refractivity contribution in [3.63, 3.8) is 0 Å². The molecule has 9 nitrogen and oxygen atoms in total. The van der Waals surface area contributed by atoms with Gasteiger partial charge in [0, 0.05) is 63.8 Å². The first-order valence-corrected chi connectivity index (χ1v) is 14.7. The molecule has 0 bridgehead atoms. The number of methoxy groups -OCH3 is 1. The molecule has 3 aromatic carbocycles. The third-order valence-electron chi connectivity index (χ3n) is 7.78. The largest absolute Gasteiger partial charge is 0.385 e. The fourth-order valence-electron chi connectivity index (χ4n) is 5.70. The Bertz CT molecular complexity index is 1490. The van der Waals surface area contributed by atoms with Crippen molar-refractivity contribution < 1.29 is 14.3 Å². The lowest BCUT2D eigenvalue weighted by molar-refractivity contribution is -0.132. The molecule has 1 aliphatic rings. The number of piperidine rings is 1. The van der Waals surface area contributed by atoms with Crippen molar-refractivity contribution in [2.75, 3.05) is 38.7 Å². The van der Waals surface area contributed by atoms with Crippen LogP contribution in [0.5, 0.6) is 0 Å². The van der Waals surface area contributed by atoms with Gasteiger partial charge in [-0.25, -0.2) is 9.78 Å². The maximum absolute atomic E-state index is 13.3. The summed E-state index contributed by atoms with van der Waals surface area (Å²) in [6.07, 6.45) is 2.95. The lowest BCUT2D eigenvalue weighted by Crippen LogP contribution is -2.45. The molecule has 1 aliphatic heterocycles. The second-order valence-electron chi connectivity index (χ2n) is 10.8. The number of nitrogens with two attached hydrogens (primary N) is 1. The summed E-state index contributed by atoms with van der Waals surface area (Å²) in [6.45, 7) is 3.02. The molecule has 220 valence electrons. The zero-order chi connectivity index (χ0) is 29.3. The van der Waals surface area contributed by atoms with Crippen LogP contribution in [0.25, 0.3) is 22.2 Å². The van der Waals surface area contributed by atoms with Crippen molar-refractivity contribution in [2.45, 2.75) is 44.2 Å². The Morgan fingerprint density at radius 1 is 1.05 bits per heavy atom. The van der Waals surface area contributed by atoms with E-state index >= 15 is 0 Å². The number of nitrogens with zero attached hydrogens (tertiary/aromatic N) is 3. The molecule has 3 amide bonds. The number of urea groups is 1. The lowest BCUT2D eigenvalue weighted by Gasteiger charge is -2.33. The first-order valence-electron chi connectivity index (χ1n) is 14.7. The Morgan fingerprint density at radius 2 is 1.81 bits per heavy atom. The zero-order valence-electron chi connectivity index (χ0n) is 24.2. The number of benzene rings is 3. The van der Waals surface area contributed by atoms with E-state index < -0.39 is 6.04 Å². The van der Waals surface area contributed by atoms with Gasteiger partial charge in [0.1, 0.15) is 5.82 Å². The van der Waals surface area contributed by atoms with E-state index in [0.717, 1.165) is 53.8 Å². The molecule has 0 saturated carbocycles. The van der Waals surface area contributed by atoms with Gasteiger partial charge in [-0.3, -0.25) is 4.79 Å². The zero-order valence-corrected chi connectivity index (χ0v) is 24.2. The van der Waals surface area contributed by atoms with Gasteiger partial charge in [0.2, 0.25) is 5.91 Å². The molecule has 9 heteroatoms. The number of hydrogen-bond acceptors (Lipinski definition) is 5. The maximum atomic E-state index is 13.3. The van der Waals surface area contributed by atoms with Crippen LogP contribution in [-0.2, 0) is 16.1 Å². The van der Waals surface area contributed by atoms with Crippen molar-refractivity contribution >= 4 is 28.7 Å². The van der Waals surface area contributed by atoms with Gasteiger partial charge in [0.05, 0.1) is 16.7 Å². The highest BCUT2D eigenvalue weighted by Crippen LogP contribution is 2.30. The number of imidazole rings is 1. The number of likely N-dealkylation sites (tertiary alicyclic amines) is 1. The fourth-order valence-corrected chi connectivity index (χ4v) is 5.70. The number of aryl methyl sites for hydroxylation is 1. The monoisotopic (exact) mass is 568 g/mol. The van der Waals surface area contributed by atoms with Crippen molar-refractivity contribution in [1.29, 1.82) is 0 Å². The molecule has 4 aromatic rings. The predicted octanol–water partition coefficient (Wildman–Crippen LogP) is 4.98. The van der Waals surface area contributed by atoms with Crippen LogP contribution in [0.2, 0.25) is 0 Å². The lowest BCUT2D eigenvalue weighted by atomic mass is 9.96. The average molecular weight is 569 g/mol. The van der Waals surface area contributed by atoms with E-state index in [4.69, 9.17) is 15.5 Å². The summed E-state index contributed by atoms with van der Waals surface area (Å²) in [5, 5.41) is 5.75. The molecule has 1 aromatic heterocycles. The van der Waals surface area contributed by atoms with Gasteiger partial charge in [-0.1, -0.05) is 60.7 Å². The third kappa shape index (κ3) is 7.16. The summed E-state index contributed by atoms with van der Waals surface area (Å²) in [5.41, 5.74) is 11.1. The Balaban J connectivity index is 1.15. The molecule has 5 rings (SSSR count). The number of carbonyl (C=O) groups is 2. The van der Waals surface area contributed by atoms with Crippen molar-refractivity contribution in [2.24, 2.45) is 5.73 Å². The van der Waals surface area contributed by atoms with Crippen LogP contribution in [0.4, 0.5) is 10.5 Å². The molecule has 0 radical (unpaired) electrons. The average Bonchev–Trinajstić information content (AvgIpc) is 3.39. The molecule has 0 aliphatic carbocycles. The molecule has 1 fully saturated rings. The number of amides is 3. The normalized spacial score (nSPS) is 15.9. The van der Waals surface area contributed by atoms with Gasteiger partial charge in [-0.2, -0.15) is 0 Å². The summed E-state index contributed by atoms with van der Waals surface area (Å²) in [6, 6.07) is 24.9. The van der Waals surface area contributed by atoms with E-state index in [1.54, 1.807) is 7.11 Å². The number of hydrogen-bond donors (Lipinski definition) is 3. The Kier molecular flexibility index (Phi) is 9.84. The number of fused-ring (bicyclic) bond motifs is 1. The summed E-state index contributed by atoms with van der Waals surface area (Å²) in [5.74, 6) is 1.19. The SMILES string of the molecule is COCCCn1c(C2CCCN(C(=O)CC(N)CNC(=O)Nc3ccccc3-c3ccccc3)C2)nc2ccccc21. The first-order chi connectivity index (χ1) is 20.5. The molecule has 4 N–H and O–H groups in total. The molecule has 2 atom stereocenters. The number of rotatable bonds is 11. The Hall–Kier alpha value is -4.21. The van der Waals surface area contributed by atoms with Crippen molar-refractivity contribution in [3.05, 3.63) is 84.7 Å². The minimum absolute atomic E-state index is 0.00544. The van der Waals surface area contributed by atoms with Gasteiger partial charge >= 0.3 is 6.03 Å². The van der Waals surface area contributed by atoms with Crippen LogP contribution in [0.15, 0.2) is 78.9 Å². The van der Waals surface area contributed by atoms with Gasteiger partial charge < -0.3 is 30.6 Å². The number of ether oxygens (including phenoxy) is 1.